The fourth-order valence-electron chi connectivity index (χ4n) is 6.91. The Bertz CT molecular complexity index is 1220. The number of rotatable bonds is 19. The second kappa shape index (κ2) is 19.0. The highest BCUT2D eigenvalue weighted by Gasteiger charge is 2.39. The smallest absolute Gasteiger partial charge is 0.256 e. The highest BCUT2D eigenvalue weighted by molar-refractivity contribution is 5.99. The Labute approximate surface area is 311 Å². The number of benzene rings is 2. The van der Waals surface area contributed by atoms with Crippen molar-refractivity contribution in [2.24, 2.45) is 0 Å². The van der Waals surface area contributed by atoms with Crippen molar-refractivity contribution >= 4 is 11.8 Å². The van der Waals surface area contributed by atoms with E-state index in [2.05, 4.69) is 28.2 Å². The Morgan fingerprint density at radius 2 is 0.896 bits per heavy atom. The number of amides is 2. The Kier molecular flexibility index (Phi) is 16.7. The largest absolute Gasteiger partial charge is 1.00 e. The van der Waals surface area contributed by atoms with E-state index in [9.17, 15) is 9.59 Å². The van der Waals surface area contributed by atoms with Crippen LogP contribution in [0.4, 0.5) is 0 Å². The molecule has 270 valence electrons. The van der Waals surface area contributed by atoms with E-state index in [1.165, 1.54) is 25.7 Å². The van der Waals surface area contributed by atoms with Gasteiger partial charge in [-0.05, 0) is 65.5 Å². The number of hydrogen-bond donors (Lipinski definition) is 0. The van der Waals surface area contributed by atoms with Gasteiger partial charge in [0.25, 0.3) is 11.8 Å². The number of quaternary nitrogens is 2. The second-order valence-corrected chi connectivity index (χ2v) is 15.1. The van der Waals surface area contributed by atoms with E-state index in [0.29, 0.717) is 13.1 Å². The fourth-order valence-corrected chi connectivity index (χ4v) is 6.91. The summed E-state index contributed by atoms with van der Waals surface area (Å²) in [5.74, 6) is 0.180. The van der Waals surface area contributed by atoms with Crippen molar-refractivity contribution in [2.75, 3.05) is 67.5 Å². The molecule has 4 rings (SSSR count). The standard InChI is InChI=1S/C38H60N4O4.2BrH/c1-29(2)45-37-33-21-13-11-19-31(33)35(43)39(37)23-17-27-41(5,6)25-15-9-10-16-26-42(7,8)28-18-24-40-36(44)32-20-12-14-22-34(32)38(40)46-30(3)4;;/h11-14,19-22,29-30,37-38H,9-10,15-18,23-28H2,1-8H3;2*1H/q+2;;/p-2. The van der Waals surface area contributed by atoms with Gasteiger partial charge in [0.2, 0.25) is 0 Å². The first kappa shape index (κ1) is 42.3. The lowest BCUT2D eigenvalue weighted by Crippen LogP contribution is -3.00. The maximum absolute atomic E-state index is 13.1. The Morgan fingerprint density at radius 3 is 1.25 bits per heavy atom. The molecule has 2 unspecified atom stereocenters. The van der Waals surface area contributed by atoms with Gasteiger partial charge in [0.15, 0.2) is 12.5 Å². The van der Waals surface area contributed by atoms with Crippen LogP contribution in [0.3, 0.4) is 0 Å². The SMILES string of the molecule is CC(C)OC1c2ccccc2C(=O)N1CCC[N+](C)(C)CCCCCC[N+](C)(C)CCCN1C(=O)c2ccccc2C1OC(C)C.[Br-].[Br-]. The van der Waals surface area contributed by atoms with Crippen LogP contribution in [-0.2, 0) is 9.47 Å². The van der Waals surface area contributed by atoms with Crippen molar-refractivity contribution in [1.82, 2.24) is 9.80 Å². The van der Waals surface area contributed by atoms with E-state index < -0.39 is 0 Å². The molecule has 0 fully saturated rings. The Morgan fingerprint density at radius 1 is 0.562 bits per heavy atom. The molecule has 2 atom stereocenters. The maximum Gasteiger partial charge on any atom is 0.256 e. The molecule has 0 bridgehead atoms. The van der Waals surface area contributed by atoms with Crippen LogP contribution < -0.4 is 34.0 Å². The molecule has 8 nitrogen and oxygen atoms in total. The zero-order valence-corrected chi connectivity index (χ0v) is 33.8. The molecule has 2 aromatic carbocycles. The minimum absolute atomic E-state index is 0. The van der Waals surface area contributed by atoms with Crippen molar-refractivity contribution in [1.29, 1.82) is 0 Å². The minimum Gasteiger partial charge on any atom is -1.00 e. The van der Waals surface area contributed by atoms with Crippen molar-refractivity contribution in [2.45, 2.75) is 90.9 Å². The van der Waals surface area contributed by atoms with Crippen molar-refractivity contribution in [3.8, 4) is 0 Å². The van der Waals surface area contributed by atoms with E-state index >= 15 is 0 Å². The molecule has 2 amide bonds. The van der Waals surface area contributed by atoms with Crippen LogP contribution in [0.1, 0.15) is 111 Å². The van der Waals surface area contributed by atoms with Gasteiger partial charge in [0, 0.05) is 48.2 Å². The molecule has 0 spiro atoms. The zero-order chi connectivity index (χ0) is 33.5. The fraction of sp³-hybridized carbons (Fsp3) is 0.632. The number of fused-ring (bicyclic) bond motifs is 2. The molecule has 0 saturated carbocycles. The molecule has 10 heteroatoms. The van der Waals surface area contributed by atoms with E-state index in [0.717, 1.165) is 70.2 Å². The monoisotopic (exact) mass is 794 g/mol. The van der Waals surface area contributed by atoms with Gasteiger partial charge in [-0.1, -0.05) is 36.4 Å². The van der Waals surface area contributed by atoms with Gasteiger partial charge >= 0.3 is 0 Å². The predicted octanol–water partition coefficient (Wildman–Crippen LogP) is 0.647. The van der Waals surface area contributed by atoms with Crippen molar-refractivity contribution in [3.63, 3.8) is 0 Å². The van der Waals surface area contributed by atoms with Crippen molar-refractivity contribution < 1.29 is 62.0 Å². The van der Waals surface area contributed by atoms with E-state index in [4.69, 9.17) is 9.47 Å². The third kappa shape index (κ3) is 11.4. The highest BCUT2D eigenvalue weighted by atomic mass is 79.9. The van der Waals surface area contributed by atoms with Crippen LogP contribution in [0.2, 0.25) is 0 Å². The van der Waals surface area contributed by atoms with Crippen LogP contribution >= 0.6 is 0 Å². The number of nitrogens with zero attached hydrogens (tertiary/aromatic N) is 4. The first-order chi connectivity index (χ1) is 21.8. The molecule has 0 aromatic heterocycles. The van der Waals surface area contributed by atoms with E-state index in [-0.39, 0.29) is 70.4 Å². The highest BCUT2D eigenvalue weighted by Crippen LogP contribution is 2.36. The van der Waals surface area contributed by atoms with Gasteiger partial charge in [-0.25, -0.2) is 0 Å². The normalized spacial score (nSPS) is 17.5. The number of hydrogen-bond acceptors (Lipinski definition) is 4. The summed E-state index contributed by atoms with van der Waals surface area (Å²) in [5.41, 5.74) is 3.55. The quantitative estimate of drug-likeness (QED) is 0.155. The zero-order valence-electron chi connectivity index (χ0n) is 30.6. The number of halogens is 2. The number of carbonyl (C=O) groups excluding carboxylic acids is 2. The average Bonchev–Trinajstić information content (AvgIpc) is 3.40. The number of carbonyl (C=O) groups is 2. The van der Waals surface area contributed by atoms with Crippen LogP contribution in [0.15, 0.2) is 48.5 Å². The summed E-state index contributed by atoms with van der Waals surface area (Å²) in [5, 5.41) is 0. The Hall–Kier alpha value is -1.82. The molecular formula is C38H60Br2N4O4. The van der Waals surface area contributed by atoms with Gasteiger partial charge in [0.05, 0.1) is 66.6 Å². The van der Waals surface area contributed by atoms with Gasteiger partial charge in [-0.3, -0.25) is 9.59 Å². The summed E-state index contributed by atoms with van der Waals surface area (Å²) in [6.07, 6.45) is 6.35. The molecule has 2 aliphatic rings. The number of ether oxygens (including phenoxy) is 2. The minimum atomic E-state index is -0.280. The van der Waals surface area contributed by atoms with Gasteiger partial charge < -0.3 is 62.2 Å². The van der Waals surface area contributed by atoms with Gasteiger partial charge in [0.1, 0.15) is 0 Å². The Balaban J connectivity index is 0.00000400. The molecular weight excluding hydrogens is 736 g/mol. The summed E-state index contributed by atoms with van der Waals surface area (Å²) in [7, 11) is 9.23. The third-order valence-electron chi connectivity index (χ3n) is 9.41. The molecule has 0 saturated heterocycles. The average molecular weight is 797 g/mol. The van der Waals surface area contributed by atoms with Crippen LogP contribution in [0.5, 0.6) is 0 Å². The van der Waals surface area contributed by atoms with Crippen LogP contribution in [0.25, 0.3) is 0 Å². The lowest BCUT2D eigenvalue weighted by atomic mass is 10.1. The first-order valence-electron chi connectivity index (χ1n) is 17.5. The molecule has 0 N–H and O–H groups in total. The topological polar surface area (TPSA) is 59.1 Å². The van der Waals surface area contributed by atoms with Crippen LogP contribution in [-0.4, -0.2) is 110 Å². The molecule has 0 aliphatic carbocycles. The van der Waals surface area contributed by atoms with E-state index in [1.807, 2.05) is 86.0 Å². The molecule has 0 radical (unpaired) electrons. The van der Waals surface area contributed by atoms with Crippen molar-refractivity contribution in [3.05, 3.63) is 70.8 Å². The first-order valence-corrected chi connectivity index (χ1v) is 17.5. The molecule has 2 aliphatic heterocycles. The summed E-state index contributed by atoms with van der Waals surface area (Å²) in [6, 6.07) is 15.7. The van der Waals surface area contributed by atoms with Gasteiger partial charge in [-0.15, -0.1) is 0 Å². The molecule has 48 heavy (non-hydrogen) atoms. The lowest BCUT2D eigenvalue weighted by Gasteiger charge is -2.33. The van der Waals surface area contributed by atoms with E-state index in [1.54, 1.807) is 0 Å². The maximum atomic E-state index is 13.1. The summed E-state index contributed by atoms with van der Waals surface area (Å²) < 4.78 is 14.3. The predicted molar refractivity (Wildman–Crippen MR) is 184 cm³/mol. The second-order valence-electron chi connectivity index (χ2n) is 15.1. The third-order valence-corrected chi connectivity index (χ3v) is 9.41. The summed E-state index contributed by atoms with van der Waals surface area (Å²) in [4.78, 5) is 30.1. The lowest BCUT2D eigenvalue weighted by molar-refractivity contribution is -0.891. The molecule has 2 aromatic rings. The summed E-state index contributed by atoms with van der Waals surface area (Å²) in [6.45, 7) is 13.9. The summed E-state index contributed by atoms with van der Waals surface area (Å²) >= 11 is 0. The number of unbranched alkanes of at least 4 members (excludes halogenated alkanes) is 3. The van der Waals surface area contributed by atoms with Crippen LogP contribution in [0, 0.1) is 0 Å². The molecule has 2 heterocycles. The van der Waals surface area contributed by atoms with Gasteiger partial charge in [-0.2, -0.15) is 0 Å².